The largest absolute Gasteiger partial charge is 0.454 e. The zero-order chi connectivity index (χ0) is 21.7. The number of anilines is 1. The Bertz CT molecular complexity index is 998. The van der Waals surface area contributed by atoms with E-state index in [1.54, 1.807) is 25.1 Å². The van der Waals surface area contributed by atoms with E-state index in [0.29, 0.717) is 22.2 Å². The van der Waals surface area contributed by atoms with Gasteiger partial charge in [0, 0.05) is 11.8 Å². The molecule has 1 unspecified atom stereocenters. The number of oxime groups is 1. The number of halogens is 2. The van der Waals surface area contributed by atoms with E-state index in [0.717, 1.165) is 5.56 Å². The molecule has 0 saturated carbocycles. The van der Waals surface area contributed by atoms with Crippen LogP contribution in [-0.2, 0) is 19.2 Å². The zero-order valence-corrected chi connectivity index (χ0v) is 17.5. The van der Waals surface area contributed by atoms with Crippen LogP contribution in [0.25, 0.3) is 0 Å². The molecule has 1 aliphatic heterocycles. The summed E-state index contributed by atoms with van der Waals surface area (Å²) in [5.74, 6) is -0.0145. The fraction of sp³-hybridized carbons (Fsp3) is 0.263. The summed E-state index contributed by atoms with van der Waals surface area (Å²) in [6.45, 7) is 2.81. The Hall–Kier alpha value is -3.04. The molecule has 0 aliphatic carbocycles. The van der Waals surface area contributed by atoms with Crippen molar-refractivity contribution in [2.45, 2.75) is 20.0 Å². The number of amides is 1. The highest BCUT2D eigenvalue weighted by atomic mass is 35.5. The summed E-state index contributed by atoms with van der Waals surface area (Å²) < 4.78 is 15.6. The topological polar surface area (TPSA) is 108 Å². The number of fused-ring (bicyclic) bond motifs is 1. The minimum absolute atomic E-state index is 0.106. The van der Waals surface area contributed by atoms with Gasteiger partial charge in [0.05, 0.1) is 15.8 Å². The Kier molecular flexibility index (Phi) is 6.96. The highest BCUT2D eigenvalue weighted by molar-refractivity contribution is 6.36. The van der Waals surface area contributed by atoms with Crippen molar-refractivity contribution >= 4 is 46.6 Å². The molecule has 11 heteroatoms. The second-order valence-electron chi connectivity index (χ2n) is 6.12. The van der Waals surface area contributed by atoms with E-state index in [1.165, 1.54) is 19.2 Å². The molecule has 1 aromatic heterocycles. The van der Waals surface area contributed by atoms with Crippen LogP contribution < -0.4 is 14.8 Å². The molecule has 1 N–H and O–H groups in total. The SMILES string of the molecule is C/C(=N\OCC(=O)OC(C)C(=O)Nc1ncc(Cl)cc1Cl)c1ccc2c(c1)OCO2. The van der Waals surface area contributed by atoms with Gasteiger partial charge in [0.25, 0.3) is 5.91 Å². The van der Waals surface area contributed by atoms with Gasteiger partial charge in [-0.25, -0.2) is 9.78 Å². The molecular formula is C19H17Cl2N3O6. The molecule has 0 bridgehead atoms. The molecular weight excluding hydrogens is 437 g/mol. The third kappa shape index (κ3) is 5.52. The fourth-order valence-electron chi connectivity index (χ4n) is 2.37. The van der Waals surface area contributed by atoms with Crippen LogP contribution in [0, 0.1) is 0 Å². The smallest absolute Gasteiger partial charge is 0.347 e. The summed E-state index contributed by atoms with van der Waals surface area (Å²) in [6.07, 6.45) is 0.224. The minimum atomic E-state index is -1.10. The standard InChI is InChI=1S/C19H17Cl2N3O6/c1-10(12-3-4-15-16(5-12)28-9-27-15)24-29-8-17(25)30-11(2)19(26)23-18-14(21)6-13(20)7-22-18/h3-7,11H,8-9H2,1-2H3,(H,22,23,26)/b24-10+. The first-order chi connectivity index (χ1) is 14.3. The molecule has 158 valence electrons. The van der Waals surface area contributed by atoms with Crippen molar-refractivity contribution in [3.05, 3.63) is 46.1 Å². The van der Waals surface area contributed by atoms with Gasteiger partial charge in [-0.2, -0.15) is 0 Å². The molecule has 0 saturated heterocycles. The lowest BCUT2D eigenvalue weighted by atomic mass is 10.1. The second-order valence-corrected chi connectivity index (χ2v) is 6.97. The summed E-state index contributed by atoms with van der Waals surface area (Å²) in [7, 11) is 0. The zero-order valence-electron chi connectivity index (χ0n) is 16.0. The third-order valence-electron chi connectivity index (χ3n) is 3.90. The molecule has 0 fully saturated rings. The van der Waals surface area contributed by atoms with Gasteiger partial charge < -0.3 is 24.4 Å². The molecule has 2 heterocycles. The van der Waals surface area contributed by atoms with Crippen molar-refractivity contribution in [1.82, 2.24) is 4.98 Å². The quantitative estimate of drug-likeness (QED) is 0.388. The number of benzene rings is 1. The summed E-state index contributed by atoms with van der Waals surface area (Å²) in [6, 6.07) is 6.73. The molecule has 0 radical (unpaired) electrons. The van der Waals surface area contributed by atoms with Crippen LogP contribution in [0.4, 0.5) is 5.82 Å². The first kappa shape index (κ1) is 21.7. The van der Waals surface area contributed by atoms with E-state index in [1.807, 2.05) is 0 Å². The minimum Gasteiger partial charge on any atom is -0.454 e. The first-order valence-electron chi connectivity index (χ1n) is 8.71. The van der Waals surface area contributed by atoms with E-state index < -0.39 is 24.6 Å². The van der Waals surface area contributed by atoms with Crippen LogP contribution in [0.3, 0.4) is 0 Å². The van der Waals surface area contributed by atoms with Crippen LogP contribution in [-0.4, -0.2) is 42.1 Å². The van der Waals surface area contributed by atoms with Crippen LogP contribution >= 0.6 is 23.2 Å². The van der Waals surface area contributed by atoms with Gasteiger partial charge in [0.15, 0.2) is 23.4 Å². The summed E-state index contributed by atoms with van der Waals surface area (Å²) in [5.41, 5.74) is 1.27. The summed E-state index contributed by atoms with van der Waals surface area (Å²) in [5, 5.41) is 6.81. The monoisotopic (exact) mass is 453 g/mol. The summed E-state index contributed by atoms with van der Waals surface area (Å²) >= 11 is 11.7. The van der Waals surface area contributed by atoms with Gasteiger partial charge in [0.2, 0.25) is 13.4 Å². The van der Waals surface area contributed by atoms with Crippen molar-refractivity contribution in [2.24, 2.45) is 5.16 Å². The first-order valence-corrected chi connectivity index (χ1v) is 9.47. The highest BCUT2D eigenvalue weighted by Crippen LogP contribution is 2.32. The molecule has 1 atom stereocenters. The van der Waals surface area contributed by atoms with E-state index in [9.17, 15) is 9.59 Å². The molecule has 3 rings (SSSR count). The predicted molar refractivity (Wildman–Crippen MR) is 109 cm³/mol. The number of hydrogen-bond acceptors (Lipinski definition) is 8. The predicted octanol–water partition coefficient (Wildman–Crippen LogP) is 3.43. The average molecular weight is 454 g/mol. The lowest BCUT2D eigenvalue weighted by Gasteiger charge is -2.13. The maximum Gasteiger partial charge on any atom is 0.347 e. The van der Waals surface area contributed by atoms with Crippen molar-refractivity contribution < 1.29 is 28.6 Å². The van der Waals surface area contributed by atoms with Gasteiger partial charge in [-0.05, 0) is 38.1 Å². The fourth-order valence-corrected chi connectivity index (χ4v) is 2.79. The Balaban J connectivity index is 1.47. The number of carbonyl (C=O) groups is 2. The lowest BCUT2D eigenvalue weighted by molar-refractivity contribution is -0.157. The number of carbonyl (C=O) groups excluding carboxylic acids is 2. The van der Waals surface area contributed by atoms with Crippen molar-refractivity contribution in [2.75, 3.05) is 18.7 Å². The van der Waals surface area contributed by atoms with Crippen LogP contribution in [0.15, 0.2) is 35.6 Å². The molecule has 30 heavy (non-hydrogen) atoms. The Morgan fingerprint density at radius 2 is 2.03 bits per heavy atom. The highest BCUT2D eigenvalue weighted by Gasteiger charge is 2.20. The number of ether oxygens (including phenoxy) is 3. The van der Waals surface area contributed by atoms with E-state index in [4.69, 9.17) is 42.3 Å². The van der Waals surface area contributed by atoms with Crippen LogP contribution in [0.1, 0.15) is 19.4 Å². The normalized spacial score (nSPS) is 13.5. The number of nitrogens with zero attached hydrogens (tertiary/aromatic N) is 2. The Morgan fingerprint density at radius 1 is 1.27 bits per heavy atom. The summed E-state index contributed by atoms with van der Waals surface area (Å²) in [4.78, 5) is 33.0. The molecule has 1 aromatic carbocycles. The van der Waals surface area contributed by atoms with Crippen molar-refractivity contribution in [3.63, 3.8) is 0 Å². The van der Waals surface area contributed by atoms with E-state index in [-0.39, 0.29) is 17.6 Å². The Labute approximate surface area is 181 Å². The number of nitrogens with one attached hydrogen (secondary N) is 1. The van der Waals surface area contributed by atoms with Gasteiger partial charge in [-0.3, -0.25) is 4.79 Å². The maximum atomic E-state index is 12.1. The number of hydrogen-bond donors (Lipinski definition) is 1. The maximum absolute atomic E-state index is 12.1. The van der Waals surface area contributed by atoms with Gasteiger partial charge in [-0.1, -0.05) is 28.4 Å². The van der Waals surface area contributed by atoms with Gasteiger partial charge in [-0.15, -0.1) is 0 Å². The Morgan fingerprint density at radius 3 is 2.80 bits per heavy atom. The van der Waals surface area contributed by atoms with Crippen LogP contribution in [0.5, 0.6) is 11.5 Å². The van der Waals surface area contributed by atoms with Crippen molar-refractivity contribution in [1.29, 1.82) is 0 Å². The second kappa shape index (κ2) is 9.64. The molecule has 0 spiro atoms. The molecule has 1 aliphatic rings. The molecule has 9 nitrogen and oxygen atoms in total. The third-order valence-corrected chi connectivity index (χ3v) is 4.40. The molecule has 1 amide bonds. The lowest BCUT2D eigenvalue weighted by Crippen LogP contribution is -2.31. The molecule has 2 aromatic rings. The number of esters is 1. The van der Waals surface area contributed by atoms with Crippen LogP contribution in [0.2, 0.25) is 10.0 Å². The van der Waals surface area contributed by atoms with E-state index in [2.05, 4.69) is 15.5 Å². The van der Waals surface area contributed by atoms with Gasteiger partial charge in [0.1, 0.15) is 0 Å². The van der Waals surface area contributed by atoms with Crippen molar-refractivity contribution in [3.8, 4) is 11.5 Å². The number of aromatic nitrogens is 1. The average Bonchev–Trinajstić information content (AvgIpc) is 3.17. The number of pyridine rings is 1. The van der Waals surface area contributed by atoms with E-state index >= 15 is 0 Å². The number of rotatable bonds is 7. The van der Waals surface area contributed by atoms with Gasteiger partial charge >= 0.3 is 5.97 Å².